The van der Waals surface area contributed by atoms with Gasteiger partial charge in [0, 0.05) is 19.3 Å². The van der Waals surface area contributed by atoms with Gasteiger partial charge < -0.3 is 10.1 Å². The first-order valence-electron chi connectivity index (χ1n) is 4.47. The van der Waals surface area contributed by atoms with Crippen LogP contribution in [0.2, 0.25) is 0 Å². The number of alkyl halides is 3. The van der Waals surface area contributed by atoms with Gasteiger partial charge in [-0.2, -0.15) is 13.2 Å². The molecule has 2 rings (SSSR count). The predicted octanol–water partition coefficient (Wildman–Crippen LogP) is 1.45. The summed E-state index contributed by atoms with van der Waals surface area (Å²) in [5.41, 5.74) is -0.822. The third kappa shape index (κ3) is 2.20. The fourth-order valence-corrected chi connectivity index (χ4v) is 1.20. The highest BCUT2D eigenvalue weighted by Crippen LogP contribution is 2.35. The van der Waals surface area contributed by atoms with Crippen molar-refractivity contribution < 1.29 is 17.9 Å². The SMILES string of the molecule is FC(F)(F)c1cccnc1OC1CNC1. The van der Waals surface area contributed by atoms with E-state index in [1.807, 2.05) is 0 Å². The minimum Gasteiger partial charge on any atom is -0.471 e. The first-order valence-corrected chi connectivity index (χ1v) is 4.47. The molecule has 1 saturated heterocycles. The largest absolute Gasteiger partial charge is 0.471 e. The summed E-state index contributed by atoms with van der Waals surface area (Å²) in [6, 6.07) is 2.21. The van der Waals surface area contributed by atoms with Crippen LogP contribution in [0.4, 0.5) is 13.2 Å². The molecule has 0 unspecified atom stereocenters. The molecule has 2 heterocycles. The minimum atomic E-state index is -4.42. The Balaban J connectivity index is 2.21. The zero-order valence-corrected chi connectivity index (χ0v) is 7.71. The van der Waals surface area contributed by atoms with Gasteiger partial charge in [0.05, 0.1) is 0 Å². The van der Waals surface area contributed by atoms with E-state index < -0.39 is 11.7 Å². The van der Waals surface area contributed by atoms with Crippen molar-refractivity contribution in [2.45, 2.75) is 12.3 Å². The molecular formula is C9H9F3N2O. The van der Waals surface area contributed by atoms with Crippen LogP contribution in [0.1, 0.15) is 5.56 Å². The van der Waals surface area contributed by atoms with Gasteiger partial charge in [-0.1, -0.05) is 0 Å². The third-order valence-electron chi connectivity index (χ3n) is 2.10. The van der Waals surface area contributed by atoms with E-state index in [1.165, 1.54) is 12.3 Å². The summed E-state index contributed by atoms with van der Waals surface area (Å²) in [5.74, 6) is -0.337. The molecule has 0 saturated carbocycles. The van der Waals surface area contributed by atoms with Crippen molar-refractivity contribution >= 4 is 0 Å². The molecule has 0 bridgehead atoms. The first-order chi connectivity index (χ1) is 7.07. The van der Waals surface area contributed by atoms with Gasteiger partial charge in [0.2, 0.25) is 5.88 Å². The van der Waals surface area contributed by atoms with Crippen LogP contribution in [-0.2, 0) is 6.18 Å². The Kier molecular flexibility index (Phi) is 2.52. The Hall–Kier alpha value is -1.30. The van der Waals surface area contributed by atoms with Crippen LogP contribution in [0.3, 0.4) is 0 Å². The molecule has 1 aromatic heterocycles. The van der Waals surface area contributed by atoms with E-state index in [-0.39, 0.29) is 12.0 Å². The van der Waals surface area contributed by atoms with Crippen molar-refractivity contribution in [2.24, 2.45) is 0 Å². The molecule has 0 aliphatic carbocycles. The Bertz CT molecular complexity index is 349. The van der Waals surface area contributed by atoms with E-state index in [2.05, 4.69) is 10.3 Å². The van der Waals surface area contributed by atoms with Crippen LogP contribution in [0.5, 0.6) is 5.88 Å². The lowest BCUT2D eigenvalue weighted by Gasteiger charge is -2.28. The molecule has 0 spiro atoms. The lowest BCUT2D eigenvalue weighted by Crippen LogP contribution is -2.50. The number of aromatic nitrogens is 1. The van der Waals surface area contributed by atoms with Gasteiger partial charge in [-0.3, -0.25) is 0 Å². The van der Waals surface area contributed by atoms with Gasteiger partial charge >= 0.3 is 6.18 Å². The van der Waals surface area contributed by atoms with Crippen molar-refractivity contribution in [3.05, 3.63) is 23.9 Å². The standard InChI is InChI=1S/C9H9F3N2O/c10-9(11,12)7-2-1-3-14-8(7)15-6-4-13-5-6/h1-3,6,13H,4-5H2. The fourth-order valence-electron chi connectivity index (χ4n) is 1.20. The number of hydrogen-bond acceptors (Lipinski definition) is 3. The predicted molar refractivity (Wildman–Crippen MR) is 46.5 cm³/mol. The molecule has 6 heteroatoms. The number of halogens is 3. The number of hydrogen-bond donors (Lipinski definition) is 1. The van der Waals surface area contributed by atoms with Crippen LogP contribution in [-0.4, -0.2) is 24.2 Å². The van der Waals surface area contributed by atoms with Crippen LogP contribution in [0.25, 0.3) is 0 Å². The molecular weight excluding hydrogens is 209 g/mol. The van der Waals surface area contributed by atoms with Crippen LogP contribution in [0, 0.1) is 0 Å². The molecule has 0 amide bonds. The van der Waals surface area contributed by atoms with Crippen molar-refractivity contribution in [3.63, 3.8) is 0 Å². The van der Waals surface area contributed by atoms with Crippen molar-refractivity contribution in [3.8, 4) is 5.88 Å². The number of rotatable bonds is 2. The number of nitrogens with one attached hydrogen (secondary N) is 1. The second-order valence-electron chi connectivity index (χ2n) is 3.25. The van der Waals surface area contributed by atoms with Crippen LogP contribution >= 0.6 is 0 Å². The smallest absolute Gasteiger partial charge is 0.421 e. The summed E-state index contributed by atoms with van der Waals surface area (Å²) in [7, 11) is 0. The summed E-state index contributed by atoms with van der Waals surface area (Å²) in [5, 5.41) is 2.91. The average Bonchev–Trinajstić information content (AvgIpc) is 2.10. The highest BCUT2D eigenvalue weighted by atomic mass is 19.4. The number of ether oxygens (including phenoxy) is 1. The summed E-state index contributed by atoms with van der Waals surface area (Å²) >= 11 is 0. The molecule has 0 atom stereocenters. The lowest BCUT2D eigenvalue weighted by atomic mass is 10.2. The summed E-state index contributed by atoms with van der Waals surface area (Å²) < 4.78 is 42.6. The van der Waals surface area contributed by atoms with Gasteiger partial charge in [0.1, 0.15) is 11.7 Å². The molecule has 1 N–H and O–H groups in total. The summed E-state index contributed by atoms with van der Waals surface area (Å²) in [6.07, 6.45) is -3.33. The second-order valence-corrected chi connectivity index (χ2v) is 3.25. The van der Waals surface area contributed by atoms with Crippen LogP contribution in [0.15, 0.2) is 18.3 Å². The summed E-state index contributed by atoms with van der Waals surface area (Å²) in [4.78, 5) is 3.60. The van der Waals surface area contributed by atoms with Crippen molar-refractivity contribution in [1.82, 2.24) is 10.3 Å². The average molecular weight is 218 g/mol. The van der Waals surface area contributed by atoms with Gasteiger partial charge in [-0.25, -0.2) is 4.98 Å². The fraction of sp³-hybridized carbons (Fsp3) is 0.444. The Morgan fingerprint density at radius 3 is 2.67 bits per heavy atom. The third-order valence-corrected chi connectivity index (χ3v) is 2.10. The molecule has 1 aliphatic rings. The first kappa shape index (κ1) is 10.2. The van der Waals surface area contributed by atoms with E-state index in [1.54, 1.807) is 0 Å². The molecule has 82 valence electrons. The zero-order valence-electron chi connectivity index (χ0n) is 7.71. The molecule has 15 heavy (non-hydrogen) atoms. The molecule has 1 aromatic rings. The van der Waals surface area contributed by atoms with E-state index in [9.17, 15) is 13.2 Å². The van der Waals surface area contributed by atoms with E-state index >= 15 is 0 Å². The maximum absolute atomic E-state index is 12.5. The van der Waals surface area contributed by atoms with Gasteiger partial charge in [0.15, 0.2) is 0 Å². The molecule has 0 radical (unpaired) electrons. The maximum Gasteiger partial charge on any atom is 0.421 e. The normalized spacial score (nSPS) is 17.3. The van der Waals surface area contributed by atoms with Crippen LogP contribution < -0.4 is 10.1 Å². The molecule has 1 aliphatic heterocycles. The monoisotopic (exact) mass is 218 g/mol. The zero-order chi connectivity index (χ0) is 10.9. The Morgan fingerprint density at radius 1 is 1.40 bits per heavy atom. The van der Waals surface area contributed by atoms with Crippen molar-refractivity contribution in [1.29, 1.82) is 0 Å². The quantitative estimate of drug-likeness (QED) is 0.815. The van der Waals surface area contributed by atoms with E-state index in [0.29, 0.717) is 13.1 Å². The van der Waals surface area contributed by atoms with Gasteiger partial charge in [0.25, 0.3) is 0 Å². The molecule has 3 nitrogen and oxygen atoms in total. The number of nitrogens with zero attached hydrogens (tertiary/aromatic N) is 1. The lowest BCUT2D eigenvalue weighted by molar-refractivity contribution is -0.139. The maximum atomic E-state index is 12.5. The molecule has 0 aromatic carbocycles. The summed E-state index contributed by atoms with van der Waals surface area (Å²) in [6.45, 7) is 1.13. The van der Waals surface area contributed by atoms with Gasteiger partial charge in [-0.05, 0) is 12.1 Å². The van der Waals surface area contributed by atoms with Crippen molar-refractivity contribution in [2.75, 3.05) is 13.1 Å². The minimum absolute atomic E-state index is 0.207. The highest BCUT2D eigenvalue weighted by Gasteiger charge is 2.36. The van der Waals surface area contributed by atoms with E-state index in [4.69, 9.17) is 4.74 Å². The Labute approximate surface area is 84.3 Å². The molecule has 1 fully saturated rings. The van der Waals surface area contributed by atoms with Gasteiger partial charge in [-0.15, -0.1) is 0 Å². The Morgan fingerprint density at radius 2 is 2.13 bits per heavy atom. The second kappa shape index (κ2) is 3.69. The number of pyridine rings is 1. The van der Waals surface area contributed by atoms with E-state index in [0.717, 1.165) is 6.07 Å². The highest BCUT2D eigenvalue weighted by molar-refractivity contribution is 5.28. The topological polar surface area (TPSA) is 34.1 Å².